The minimum Gasteiger partial charge on any atom is -0.453 e. The average Bonchev–Trinajstić information content (AvgIpc) is 3.75. The Morgan fingerprint density at radius 1 is 0.388 bits per heavy atom. The Morgan fingerprint density at radius 2 is 0.980 bits per heavy atom. The summed E-state index contributed by atoms with van der Waals surface area (Å²) in [5.74, 6) is 0. The van der Waals surface area contributed by atoms with E-state index in [1.165, 1.54) is 42.1 Å². The van der Waals surface area contributed by atoms with E-state index in [0.717, 1.165) is 50.1 Å². The summed E-state index contributed by atoms with van der Waals surface area (Å²) in [6.45, 7) is 0. The standard InChI is InChI=1S/C46H29NOS/c1-2-12-31(13-3-1)36-19-9-20-38-39-21-10-23-41(45(39)48-44(36)38)47(42-24-11-22-40-37-17-6-7-25-43(37)49-46(40)42)33-28-26-32(27-29-33)35-18-8-15-30-14-4-5-16-34(30)35/h1-29H. The first-order chi connectivity index (χ1) is 24.3. The summed E-state index contributed by atoms with van der Waals surface area (Å²) in [4.78, 5) is 2.39. The lowest BCUT2D eigenvalue weighted by atomic mass is 9.98. The van der Waals surface area contributed by atoms with Gasteiger partial charge in [-0.15, -0.1) is 11.3 Å². The maximum absolute atomic E-state index is 6.97. The Balaban J connectivity index is 1.22. The minimum absolute atomic E-state index is 0.872. The molecule has 0 atom stereocenters. The van der Waals surface area contributed by atoms with E-state index >= 15 is 0 Å². The summed E-state index contributed by atoms with van der Waals surface area (Å²) >= 11 is 1.85. The minimum atomic E-state index is 0.872. The van der Waals surface area contributed by atoms with E-state index in [9.17, 15) is 0 Å². The number of rotatable bonds is 5. The van der Waals surface area contributed by atoms with Crippen LogP contribution < -0.4 is 4.90 Å². The van der Waals surface area contributed by atoms with Crippen LogP contribution in [-0.2, 0) is 0 Å². The predicted octanol–water partition coefficient (Wildman–Crippen LogP) is 13.9. The van der Waals surface area contributed by atoms with Gasteiger partial charge in [0.15, 0.2) is 5.58 Å². The number of thiophene rings is 1. The molecule has 8 aromatic carbocycles. The summed E-state index contributed by atoms with van der Waals surface area (Å²) in [6, 6.07) is 63.0. The van der Waals surface area contributed by atoms with Gasteiger partial charge in [-0.2, -0.15) is 0 Å². The number of nitrogens with zero attached hydrogens (tertiary/aromatic N) is 1. The van der Waals surface area contributed by atoms with Gasteiger partial charge in [0.2, 0.25) is 0 Å². The second-order valence-corrected chi connectivity index (χ2v) is 13.5. The van der Waals surface area contributed by atoms with Gasteiger partial charge >= 0.3 is 0 Å². The largest absolute Gasteiger partial charge is 0.453 e. The molecule has 0 aliphatic carbocycles. The molecule has 230 valence electrons. The average molecular weight is 644 g/mol. The van der Waals surface area contributed by atoms with Gasteiger partial charge in [0.25, 0.3) is 0 Å². The first-order valence-electron chi connectivity index (χ1n) is 16.6. The molecule has 0 radical (unpaired) electrons. The van der Waals surface area contributed by atoms with Crippen molar-refractivity contribution in [1.82, 2.24) is 0 Å². The molecular formula is C46H29NOS. The molecule has 0 aliphatic heterocycles. The molecule has 3 heteroatoms. The summed E-state index contributed by atoms with van der Waals surface area (Å²) in [6.07, 6.45) is 0. The van der Waals surface area contributed by atoms with E-state index in [0.29, 0.717) is 0 Å². The molecule has 0 N–H and O–H groups in total. The Labute approximate surface area is 287 Å². The van der Waals surface area contributed by atoms with Crippen LogP contribution in [0, 0.1) is 0 Å². The molecule has 0 saturated carbocycles. The van der Waals surface area contributed by atoms with Gasteiger partial charge < -0.3 is 9.32 Å². The van der Waals surface area contributed by atoms with Crippen LogP contribution in [0.4, 0.5) is 17.1 Å². The fraction of sp³-hybridized carbons (Fsp3) is 0. The number of para-hydroxylation sites is 2. The maximum Gasteiger partial charge on any atom is 0.159 e. The monoisotopic (exact) mass is 643 g/mol. The molecule has 0 fully saturated rings. The molecule has 10 aromatic rings. The number of fused-ring (bicyclic) bond motifs is 7. The van der Waals surface area contributed by atoms with Gasteiger partial charge in [0.1, 0.15) is 5.58 Å². The van der Waals surface area contributed by atoms with Gasteiger partial charge in [0.05, 0.1) is 16.1 Å². The second-order valence-electron chi connectivity index (χ2n) is 12.5. The van der Waals surface area contributed by atoms with Crippen molar-refractivity contribution in [2.75, 3.05) is 4.90 Å². The Hall–Kier alpha value is -6.16. The van der Waals surface area contributed by atoms with Crippen molar-refractivity contribution >= 4 is 81.3 Å². The van der Waals surface area contributed by atoms with Gasteiger partial charge in [-0.3, -0.25) is 0 Å². The van der Waals surface area contributed by atoms with Crippen LogP contribution in [0.5, 0.6) is 0 Å². The predicted molar refractivity (Wildman–Crippen MR) is 210 cm³/mol. The van der Waals surface area contributed by atoms with Crippen LogP contribution in [0.25, 0.3) is 75.1 Å². The van der Waals surface area contributed by atoms with Crippen molar-refractivity contribution in [2.45, 2.75) is 0 Å². The van der Waals surface area contributed by atoms with Crippen LogP contribution in [0.3, 0.4) is 0 Å². The molecule has 0 aliphatic rings. The van der Waals surface area contributed by atoms with E-state index in [1.54, 1.807) is 0 Å². The van der Waals surface area contributed by atoms with E-state index in [-0.39, 0.29) is 0 Å². The van der Waals surface area contributed by atoms with Crippen molar-refractivity contribution in [1.29, 1.82) is 0 Å². The highest BCUT2D eigenvalue weighted by molar-refractivity contribution is 7.26. The summed E-state index contributed by atoms with van der Waals surface area (Å²) in [7, 11) is 0. The third kappa shape index (κ3) is 4.47. The molecule has 0 spiro atoms. The number of benzene rings is 8. The molecule has 2 nitrogen and oxygen atoms in total. The normalized spacial score (nSPS) is 11.7. The molecule has 2 heterocycles. The molecule has 0 amide bonds. The van der Waals surface area contributed by atoms with Gasteiger partial charge in [0, 0.05) is 37.5 Å². The molecule has 10 rings (SSSR count). The zero-order valence-corrected chi connectivity index (χ0v) is 27.3. The SMILES string of the molecule is c1ccc(-c2cccc3c2oc2c(N(c4ccc(-c5cccc6ccccc56)cc4)c4cccc5c4sc4ccccc45)cccc23)cc1. The first kappa shape index (κ1) is 27.9. The third-order valence-corrected chi connectivity index (χ3v) is 10.9. The first-order valence-corrected chi connectivity index (χ1v) is 17.4. The van der Waals surface area contributed by atoms with Crippen LogP contribution >= 0.6 is 11.3 Å². The number of furan rings is 1. The fourth-order valence-corrected chi connectivity index (χ4v) is 8.62. The fourth-order valence-electron chi connectivity index (χ4n) is 7.41. The highest BCUT2D eigenvalue weighted by atomic mass is 32.1. The van der Waals surface area contributed by atoms with Crippen LogP contribution in [0.2, 0.25) is 0 Å². The summed E-state index contributed by atoms with van der Waals surface area (Å²) in [5, 5.41) is 7.26. The maximum atomic E-state index is 6.97. The topological polar surface area (TPSA) is 16.4 Å². The van der Waals surface area contributed by atoms with E-state index in [2.05, 4.69) is 181 Å². The number of hydrogen-bond donors (Lipinski definition) is 0. The third-order valence-electron chi connectivity index (χ3n) is 9.68. The van der Waals surface area contributed by atoms with Crippen molar-refractivity contribution < 1.29 is 4.42 Å². The summed E-state index contributed by atoms with van der Waals surface area (Å²) < 4.78 is 9.50. The molecule has 0 bridgehead atoms. The lowest BCUT2D eigenvalue weighted by Crippen LogP contribution is -2.10. The number of hydrogen-bond acceptors (Lipinski definition) is 3. The Kier molecular flexibility index (Phi) is 6.39. The molecular weight excluding hydrogens is 615 g/mol. The van der Waals surface area contributed by atoms with Gasteiger partial charge in [-0.25, -0.2) is 0 Å². The Bertz CT molecular complexity index is 2820. The summed E-state index contributed by atoms with van der Waals surface area (Å²) in [5.41, 5.74) is 9.65. The quantitative estimate of drug-likeness (QED) is 0.186. The highest BCUT2D eigenvalue weighted by Gasteiger charge is 2.23. The van der Waals surface area contributed by atoms with E-state index < -0.39 is 0 Å². The van der Waals surface area contributed by atoms with Gasteiger partial charge in [-0.05, 0) is 57.8 Å². The molecule has 2 aromatic heterocycles. The second kappa shape index (κ2) is 11.2. The van der Waals surface area contributed by atoms with Crippen molar-refractivity contribution in [3.63, 3.8) is 0 Å². The van der Waals surface area contributed by atoms with Crippen molar-refractivity contribution in [3.8, 4) is 22.3 Å². The van der Waals surface area contributed by atoms with Crippen LogP contribution in [0.1, 0.15) is 0 Å². The molecule has 0 unspecified atom stereocenters. The van der Waals surface area contributed by atoms with Crippen molar-refractivity contribution in [3.05, 3.63) is 176 Å². The van der Waals surface area contributed by atoms with Crippen molar-refractivity contribution in [2.24, 2.45) is 0 Å². The Morgan fingerprint density at radius 3 is 1.84 bits per heavy atom. The highest BCUT2D eigenvalue weighted by Crippen LogP contribution is 2.48. The smallest absolute Gasteiger partial charge is 0.159 e. The zero-order valence-electron chi connectivity index (χ0n) is 26.5. The lowest BCUT2D eigenvalue weighted by molar-refractivity contribution is 0.670. The van der Waals surface area contributed by atoms with E-state index in [4.69, 9.17) is 4.42 Å². The van der Waals surface area contributed by atoms with Crippen LogP contribution in [0.15, 0.2) is 180 Å². The molecule has 49 heavy (non-hydrogen) atoms. The lowest BCUT2D eigenvalue weighted by Gasteiger charge is -2.26. The van der Waals surface area contributed by atoms with E-state index in [1.807, 2.05) is 11.3 Å². The zero-order chi connectivity index (χ0) is 32.3. The van der Waals surface area contributed by atoms with Crippen LogP contribution in [-0.4, -0.2) is 0 Å². The molecule has 0 saturated heterocycles. The number of anilines is 3. The van der Waals surface area contributed by atoms with Gasteiger partial charge in [-0.1, -0.05) is 146 Å².